The molecule has 1 unspecified atom stereocenters. The van der Waals surface area contributed by atoms with Gasteiger partial charge in [-0.15, -0.1) is 0 Å². The lowest BCUT2D eigenvalue weighted by atomic mass is 9.95. The summed E-state index contributed by atoms with van der Waals surface area (Å²) in [6.45, 7) is 1.99. The maximum atomic E-state index is 13.1. The number of ketones is 1. The van der Waals surface area contributed by atoms with Crippen LogP contribution in [0.4, 0.5) is 0 Å². The van der Waals surface area contributed by atoms with Crippen molar-refractivity contribution in [1.29, 1.82) is 0 Å². The van der Waals surface area contributed by atoms with Gasteiger partial charge in [-0.1, -0.05) is 23.7 Å². The molecule has 0 saturated carbocycles. The number of carbonyl (C=O) groups is 2. The predicted octanol–water partition coefficient (Wildman–Crippen LogP) is 2.34. The van der Waals surface area contributed by atoms with Gasteiger partial charge in [0.15, 0.2) is 0 Å². The SMILES string of the molecule is CN(C)CCN1C(=O)C(=O)/C(=C(\O)c2ccc(S(=O)(=O)N3CCOCC3)cc2)C1c1ccc(Cl)cc1. The molecule has 11 heteroatoms. The molecule has 1 atom stereocenters. The summed E-state index contributed by atoms with van der Waals surface area (Å²) in [5.41, 5.74) is 0.816. The molecule has 1 N–H and O–H groups in total. The number of hydrogen-bond donors (Lipinski definition) is 1. The first-order valence-electron chi connectivity index (χ1n) is 11.5. The maximum Gasteiger partial charge on any atom is 0.295 e. The number of morpholine rings is 1. The number of likely N-dealkylation sites (N-methyl/N-ethyl adjacent to an activating group) is 1. The van der Waals surface area contributed by atoms with E-state index in [1.54, 1.807) is 24.3 Å². The molecule has 2 heterocycles. The predicted molar refractivity (Wildman–Crippen MR) is 135 cm³/mol. The monoisotopic (exact) mass is 533 g/mol. The number of benzene rings is 2. The molecule has 36 heavy (non-hydrogen) atoms. The summed E-state index contributed by atoms with van der Waals surface area (Å²) < 4.78 is 32.4. The molecule has 2 saturated heterocycles. The standard InChI is InChI=1S/C25H28ClN3O6S/c1-27(2)11-12-29-22(17-3-7-19(26)8-4-17)21(24(31)25(29)32)23(30)18-5-9-20(10-6-18)36(33,34)28-13-15-35-16-14-28/h3-10,22,30H,11-16H2,1-2H3/b23-21-. The van der Waals surface area contributed by atoms with Crippen molar-refractivity contribution in [2.45, 2.75) is 10.9 Å². The fourth-order valence-corrected chi connectivity index (χ4v) is 5.82. The number of aliphatic hydroxyl groups is 1. The Labute approximate surface area is 215 Å². The normalized spacial score (nSPS) is 20.9. The molecule has 0 aliphatic carbocycles. The Morgan fingerprint density at radius 3 is 2.25 bits per heavy atom. The lowest BCUT2D eigenvalue weighted by molar-refractivity contribution is -0.140. The first-order chi connectivity index (χ1) is 17.1. The van der Waals surface area contributed by atoms with Crippen molar-refractivity contribution < 1.29 is 27.9 Å². The third-order valence-electron chi connectivity index (χ3n) is 6.25. The zero-order chi connectivity index (χ0) is 26.0. The van der Waals surface area contributed by atoms with Crippen molar-refractivity contribution in [1.82, 2.24) is 14.1 Å². The van der Waals surface area contributed by atoms with Crippen LogP contribution in [0.1, 0.15) is 17.2 Å². The average molecular weight is 534 g/mol. The van der Waals surface area contributed by atoms with Gasteiger partial charge >= 0.3 is 0 Å². The van der Waals surface area contributed by atoms with Gasteiger partial charge in [0.1, 0.15) is 5.76 Å². The fourth-order valence-electron chi connectivity index (χ4n) is 4.29. The second kappa shape index (κ2) is 10.7. The number of likely N-dealkylation sites (tertiary alicyclic amines) is 1. The number of rotatable bonds is 7. The first-order valence-corrected chi connectivity index (χ1v) is 13.3. The van der Waals surface area contributed by atoms with Crippen LogP contribution < -0.4 is 0 Å². The summed E-state index contributed by atoms with van der Waals surface area (Å²) in [4.78, 5) is 29.5. The number of carbonyl (C=O) groups excluding carboxylic acids is 2. The van der Waals surface area contributed by atoms with Gasteiger partial charge in [0, 0.05) is 36.8 Å². The highest BCUT2D eigenvalue weighted by Crippen LogP contribution is 2.39. The van der Waals surface area contributed by atoms with Gasteiger partial charge in [0.25, 0.3) is 11.7 Å². The van der Waals surface area contributed by atoms with E-state index < -0.39 is 27.8 Å². The largest absolute Gasteiger partial charge is 0.507 e. The Balaban J connectivity index is 1.73. The van der Waals surface area contributed by atoms with Crippen LogP contribution in [-0.4, -0.2) is 92.8 Å². The second-order valence-electron chi connectivity index (χ2n) is 8.89. The minimum absolute atomic E-state index is 0.0511. The summed E-state index contributed by atoms with van der Waals surface area (Å²) in [6.07, 6.45) is 0. The van der Waals surface area contributed by atoms with E-state index in [2.05, 4.69) is 0 Å². The van der Waals surface area contributed by atoms with Crippen molar-refractivity contribution in [3.05, 3.63) is 70.3 Å². The molecule has 9 nitrogen and oxygen atoms in total. The Kier molecular flexibility index (Phi) is 7.82. The number of nitrogens with zero attached hydrogens (tertiary/aromatic N) is 3. The Hall–Kier alpha value is -2.76. The van der Waals surface area contributed by atoms with Crippen LogP contribution in [-0.2, 0) is 24.3 Å². The van der Waals surface area contributed by atoms with Crippen LogP contribution >= 0.6 is 11.6 Å². The quantitative estimate of drug-likeness (QED) is 0.331. The lowest BCUT2D eigenvalue weighted by Gasteiger charge is -2.27. The Bertz CT molecular complexity index is 1270. The first kappa shape index (κ1) is 26.3. The van der Waals surface area contributed by atoms with Gasteiger partial charge in [0.2, 0.25) is 10.0 Å². The zero-order valence-electron chi connectivity index (χ0n) is 20.1. The number of Topliss-reactive ketones (excluding diaryl/α,β-unsaturated/α-hetero) is 1. The Morgan fingerprint density at radius 1 is 1.06 bits per heavy atom. The molecule has 2 aliphatic rings. The molecule has 4 rings (SSSR count). The number of amides is 1. The number of halogens is 1. The number of sulfonamides is 1. The summed E-state index contributed by atoms with van der Waals surface area (Å²) in [5.74, 6) is -1.86. The molecule has 0 spiro atoms. The molecule has 2 aromatic rings. The van der Waals surface area contributed by atoms with Gasteiger partial charge in [0.05, 0.1) is 29.7 Å². The van der Waals surface area contributed by atoms with Crippen molar-refractivity contribution in [2.75, 3.05) is 53.5 Å². The van der Waals surface area contributed by atoms with Gasteiger partial charge < -0.3 is 19.6 Å². The zero-order valence-corrected chi connectivity index (χ0v) is 21.6. The number of hydrogen-bond acceptors (Lipinski definition) is 7. The highest BCUT2D eigenvalue weighted by molar-refractivity contribution is 7.89. The van der Waals surface area contributed by atoms with E-state index in [9.17, 15) is 23.1 Å². The van der Waals surface area contributed by atoms with Crippen molar-refractivity contribution in [2.24, 2.45) is 0 Å². The van der Waals surface area contributed by atoms with E-state index >= 15 is 0 Å². The van der Waals surface area contributed by atoms with Crippen molar-refractivity contribution >= 4 is 39.1 Å². The van der Waals surface area contributed by atoms with E-state index in [-0.39, 0.29) is 41.4 Å². The van der Waals surface area contributed by atoms with E-state index in [1.165, 1.54) is 33.5 Å². The fraction of sp³-hybridized carbons (Fsp3) is 0.360. The maximum absolute atomic E-state index is 13.1. The summed E-state index contributed by atoms with van der Waals surface area (Å²) in [7, 11) is 0.00704. The van der Waals surface area contributed by atoms with Crippen LogP contribution in [0, 0.1) is 0 Å². The second-order valence-corrected chi connectivity index (χ2v) is 11.3. The van der Waals surface area contributed by atoms with E-state index in [0.717, 1.165) is 0 Å². The van der Waals surface area contributed by atoms with Gasteiger partial charge in [-0.3, -0.25) is 9.59 Å². The van der Waals surface area contributed by atoms with Crippen LogP contribution in [0.5, 0.6) is 0 Å². The molecule has 2 aromatic carbocycles. The van der Waals surface area contributed by atoms with Gasteiger partial charge in [-0.25, -0.2) is 8.42 Å². The molecular weight excluding hydrogens is 506 g/mol. The minimum atomic E-state index is -3.72. The molecule has 0 aromatic heterocycles. The number of ether oxygens (including phenoxy) is 1. The summed E-state index contributed by atoms with van der Waals surface area (Å²) in [6, 6.07) is 11.6. The van der Waals surface area contributed by atoms with Crippen molar-refractivity contribution in [3.8, 4) is 0 Å². The molecular formula is C25H28ClN3O6S. The van der Waals surface area contributed by atoms with Gasteiger partial charge in [-0.05, 0) is 56.1 Å². The Morgan fingerprint density at radius 2 is 1.67 bits per heavy atom. The molecule has 0 bridgehead atoms. The molecule has 2 aliphatic heterocycles. The summed E-state index contributed by atoms with van der Waals surface area (Å²) >= 11 is 6.04. The third kappa shape index (κ3) is 5.18. The highest BCUT2D eigenvalue weighted by atomic mass is 35.5. The highest BCUT2D eigenvalue weighted by Gasteiger charge is 2.45. The van der Waals surface area contributed by atoms with Crippen LogP contribution in [0.2, 0.25) is 5.02 Å². The average Bonchev–Trinajstić information content (AvgIpc) is 3.13. The van der Waals surface area contributed by atoms with Crippen LogP contribution in [0.3, 0.4) is 0 Å². The van der Waals surface area contributed by atoms with E-state index in [0.29, 0.717) is 30.3 Å². The minimum Gasteiger partial charge on any atom is -0.507 e. The third-order valence-corrected chi connectivity index (χ3v) is 8.41. The van der Waals surface area contributed by atoms with Crippen LogP contribution in [0.15, 0.2) is 59.0 Å². The van der Waals surface area contributed by atoms with Crippen molar-refractivity contribution in [3.63, 3.8) is 0 Å². The van der Waals surface area contributed by atoms with E-state index in [1.807, 2.05) is 19.0 Å². The summed E-state index contributed by atoms with van der Waals surface area (Å²) in [5, 5.41) is 11.7. The number of aliphatic hydroxyl groups excluding tert-OH is 1. The molecule has 2 fully saturated rings. The van der Waals surface area contributed by atoms with Gasteiger partial charge in [-0.2, -0.15) is 4.31 Å². The molecule has 1 amide bonds. The molecule has 192 valence electrons. The molecule has 0 radical (unpaired) electrons. The topological polar surface area (TPSA) is 107 Å². The van der Waals surface area contributed by atoms with Crippen LogP contribution in [0.25, 0.3) is 5.76 Å². The smallest absolute Gasteiger partial charge is 0.295 e. The lowest BCUT2D eigenvalue weighted by Crippen LogP contribution is -2.40. The van der Waals surface area contributed by atoms with E-state index in [4.69, 9.17) is 16.3 Å².